The molecule has 0 aliphatic carbocycles. The van der Waals surface area contributed by atoms with E-state index in [-0.39, 0.29) is 22.3 Å². The van der Waals surface area contributed by atoms with Gasteiger partial charge in [-0.2, -0.15) is 0 Å². The zero-order valence-corrected chi connectivity index (χ0v) is 12.5. The number of nitrogens with one attached hydrogen (secondary N) is 1. The van der Waals surface area contributed by atoms with Crippen molar-refractivity contribution >= 4 is 30.7 Å². The van der Waals surface area contributed by atoms with Crippen molar-refractivity contribution in [1.29, 1.82) is 0 Å². The number of sulfone groups is 2. The van der Waals surface area contributed by atoms with Crippen LogP contribution in [0.4, 0.5) is 0 Å². The average Bonchev–Trinajstić information content (AvgIpc) is 2.89. The standard InChI is InChI=1S/C12H14N2O4S2/c1-19(15,16)9-2-3-10-11(6-9)14-12(13-10)8-4-5-20(17,18)7-8/h2-3,6,8H,4-5,7H2,1H3,(H,13,14). The summed E-state index contributed by atoms with van der Waals surface area (Å²) in [4.78, 5) is 7.64. The monoisotopic (exact) mass is 314 g/mol. The van der Waals surface area contributed by atoms with Gasteiger partial charge in [-0.3, -0.25) is 0 Å². The number of imidazole rings is 1. The van der Waals surface area contributed by atoms with E-state index >= 15 is 0 Å². The third-order valence-corrected chi connectivity index (χ3v) is 6.40. The summed E-state index contributed by atoms with van der Waals surface area (Å²) in [6.07, 6.45) is 1.70. The topological polar surface area (TPSA) is 97.0 Å². The maximum Gasteiger partial charge on any atom is 0.175 e. The lowest BCUT2D eigenvalue weighted by Crippen LogP contribution is -2.04. The summed E-state index contributed by atoms with van der Waals surface area (Å²) >= 11 is 0. The Hall–Kier alpha value is -1.41. The van der Waals surface area contributed by atoms with Crippen LogP contribution < -0.4 is 0 Å². The fraction of sp³-hybridized carbons (Fsp3) is 0.417. The van der Waals surface area contributed by atoms with Gasteiger partial charge in [0.1, 0.15) is 5.82 Å². The number of hydrogen-bond donors (Lipinski definition) is 1. The molecule has 1 N–H and O–H groups in total. The van der Waals surface area contributed by atoms with Gasteiger partial charge in [0, 0.05) is 12.2 Å². The molecule has 1 aliphatic rings. The normalized spacial score (nSPS) is 22.4. The van der Waals surface area contributed by atoms with Crippen LogP contribution in [0.3, 0.4) is 0 Å². The van der Waals surface area contributed by atoms with Gasteiger partial charge in [-0.15, -0.1) is 0 Å². The molecular weight excluding hydrogens is 300 g/mol. The van der Waals surface area contributed by atoms with Crippen LogP contribution in [-0.4, -0.2) is 44.6 Å². The Bertz CT molecular complexity index is 881. The zero-order chi connectivity index (χ0) is 14.5. The molecule has 0 spiro atoms. The van der Waals surface area contributed by atoms with Crippen molar-refractivity contribution in [1.82, 2.24) is 9.97 Å². The van der Waals surface area contributed by atoms with Crippen molar-refractivity contribution in [2.24, 2.45) is 0 Å². The second-order valence-electron chi connectivity index (χ2n) is 5.17. The summed E-state index contributed by atoms with van der Waals surface area (Å²) in [5, 5.41) is 0. The summed E-state index contributed by atoms with van der Waals surface area (Å²) < 4.78 is 46.0. The van der Waals surface area contributed by atoms with Crippen LogP contribution in [-0.2, 0) is 19.7 Å². The first-order valence-corrected chi connectivity index (χ1v) is 9.86. The Morgan fingerprint density at radius 1 is 1.35 bits per heavy atom. The van der Waals surface area contributed by atoms with Crippen LogP contribution in [0, 0.1) is 0 Å². The van der Waals surface area contributed by atoms with Gasteiger partial charge in [0.15, 0.2) is 19.7 Å². The minimum Gasteiger partial charge on any atom is -0.342 e. The highest BCUT2D eigenvalue weighted by molar-refractivity contribution is 7.91. The van der Waals surface area contributed by atoms with E-state index in [1.165, 1.54) is 12.1 Å². The van der Waals surface area contributed by atoms with Crippen molar-refractivity contribution in [3.63, 3.8) is 0 Å². The molecule has 1 saturated heterocycles. The van der Waals surface area contributed by atoms with Gasteiger partial charge < -0.3 is 4.98 Å². The van der Waals surface area contributed by atoms with Crippen LogP contribution in [0.5, 0.6) is 0 Å². The van der Waals surface area contributed by atoms with Gasteiger partial charge in [0.2, 0.25) is 0 Å². The lowest BCUT2D eigenvalue weighted by atomic mass is 10.1. The minimum absolute atomic E-state index is 0.103. The SMILES string of the molecule is CS(=O)(=O)c1ccc2nc(C3CCS(=O)(=O)C3)[nH]c2c1. The van der Waals surface area contributed by atoms with Gasteiger partial charge >= 0.3 is 0 Å². The van der Waals surface area contributed by atoms with Gasteiger partial charge in [-0.25, -0.2) is 21.8 Å². The first-order chi connectivity index (χ1) is 9.24. The van der Waals surface area contributed by atoms with Gasteiger partial charge in [0.25, 0.3) is 0 Å². The molecule has 1 aromatic heterocycles. The van der Waals surface area contributed by atoms with Gasteiger partial charge in [-0.1, -0.05) is 0 Å². The van der Waals surface area contributed by atoms with E-state index < -0.39 is 19.7 Å². The molecule has 2 aromatic rings. The smallest absolute Gasteiger partial charge is 0.175 e. The molecular formula is C12H14N2O4S2. The summed E-state index contributed by atoms with van der Waals surface area (Å²) in [6.45, 7) is 0. The zero-order valence-electron chi connectivity index (χ0n) is 10.8. The molecule has 2 heterocycles. The van der Waals surface area contributed by atoms with E-state index in [9.17, 15) is 16.8 Å². The van der Waals surface area contributed by atoms with E-state index in [1.807, 2.05) is 0 Å². The van der Waals surface area contributed by atoms with Gasteiger partial charge in [0.05, 0.1) is 27.4 Å². The van der Waals surface area contributed by atoms with E-state index in [0.717, 1.165) is 6.26 Å². The molecule has 108 valence electrons. The largest absolute Gasteiger partial charge is 0.342 e. The number of aromatic nitrogens is 2. The van der Waals surface area contributed by atoms with Crippen molar-refractivity contribution in [3.05, 3.63) is 24.0 Å². The van der Waals surface area contributed by atoms with Crippen LogP contribution in [0.1, 0.15) is 18.2 Å². The molecule has 0 saturated carbocycles. The van der Waals surface area contributed by atoms with Crippen LogP contribution in [0.15, 0.2) is 23.1 Å². The summed E-state index contributed by atoms with van der Waals surface area (Å²) in [7, 11) is -6.23. The number of fused-ring (bicyclic) bond motifs is 1. The van der Waals surface area contributed by atoms with E-state index in [1.54, 1.807) is 6.07 Å². The van der Waals surface area contributed by atoms with Crippen LogP contribution >= 0.6 is 0 Å². The minimum atomic E-state index is -3.27. The van der Waals surface area contributed by atoms with Gasteiger partial charge in [-0.05, 0) is 24.6 Å². The second kappa shape index (κ2) is 4.29. The Morgan fingerprint density at radius 2 is 2.10 bits per heavy atom. The fourth-order valence-corrected chi connectivity index (χ4v) is 4.84. The average molecular weight is 314 g/mol. The summed E-state index contributed by atoms with van der Waals surface area (Å²) in [5.41, 5.74) is 1.27. The molecule has 3 rings (SSSR count). The number of benzene rings is 1. The molecule has 1 unspecified atom stereocenters. The third-order valence-electron chi connectivity index (χ3n) is 3.52. The predicted octanol–water partition coefficient (Wildman–Crippen LogP) is 0.869. The first kappa shape index (κ1) is 13.6. The predicted molar refractivity (Wildman–Crippen MR) is 75.2 cm³/mol. The molecule has 20 heavy (non-hydrogen) atoms. The lowest BCUT2D eigenvalue weighted by molar-refractivity contribution is 0.600. The molecule has 8 heteroatoms. The molecule has 0 amide bonds. The molecule has 1 aliphatic heterocycles. The Kier molecular flexibility index (Phi) is 2.91. The highest BCUT2D eigenvalue weighted by Crippen LogP contribution is 2.29. The number of hydrogen-bond acceptors (Lipinski definition) is 5. The number of aromatic amines is 1. The highest BCUT2D eigenvalue weighted by atomic mass is 32.2. The van der Waals surface area contributed by atoms with E-state index in [4.69, 9.17) is 0 Å². The quantitative estimate of drug-likeness (QED) is 0.887. The molecule has 1 atom stereocenters. The van der Waals surface area contributed by atoms with Crippen LogP contribution in [0.2, 0.25) is 0 Å². The van der Waals surface area contributed by atoms with Crippen molar-refractivity contribution < 1.29 is 16.8 Å². The third kappa shape index (κ3) is 2.45. The molecule has 1 aromatic carbocycles. The number of H-pyrrole nitrogens is 1. The first-order valence-electron chi connectivity index (χ1n) is 6.15. The second-order valence-corrected chi connectivity index (χ2v) is 9.42. The lowest BCUT2D eigenvalue weighted by Gasteiger charge is -2.01. The number of rotatable bonds is 2. The highest BCUT2D eigenvalue weighted by Gasteiger charge is 2.31. The Balaban J connectivity index is 2.04. The van der Waals surface area contributed by atoms with Crippen molar-refractivity contribution in [2.75, 3.05) is 17.8 Å². The molecule has 0 bridgehead atoms. The maximum atomic E-state index is 11.5. The molecule has 0 radical (unpaired) electrons. The van der Waals surface area contributed by atoms with Crippen molar-refractivity contribution in [2.45, 2.75) is 17.2 Å². The van der Waals surface area contributed by atoms with E-state index in [0.29, 0.717) is 23.3 Å². The molecule has 6 nitrogen and oxygen atoms in total. The fourth-order valence-electron chi connectivity index (χ4n) is 2.44. The van der Waals surface area contributed by atoms with E-state index in [2.05, 4.69) is 9.97 Å². The molecule has 1 fully saturated rings. The van der Waals surface area contributed by atoms with Crippen molar-refractivity contribution in [3.8, 4) is 0 Å². The number of nitrogens with zero attached hydrogens (tertiary/aromatic N) is 1. The maximum absolute atomic E-state index is 11.5. The Morgan fingerprint density at radius 3 is 2.70 bits per heavy atom. The summed E-state index contributed by atoms with van der Waals surface area (Å²) in [5.74, 6) is 0.774. The summed E-state index contributed by atoms with van der Waals surface area (Å²) in [6, 6.07) is 4.67. The van der Waals surface area contributed by atoms with Crippen LogP contribution in [0.25, 0.3) is 11.0 Å². The Labute approximate surface area is 117 Å².